The number of nitrogens with one attached hydrogen (secondary N) is 1. The molecule has 1 amide bonds. The van der Waals surface area contributed by atoms with Gasteiger partial charge in [0.25, 0.3) is 0 Å². The SMILES string of the molecule is O=C(CCCl)NCCc1nccs1. The highest BCUT2D eigenvalue weighted by atomic mass is 35.5. The van der Waals surface area contributed by atoms with Crippen LogP contribution in [0.1, 0.15) is 11.4 Å². The minimum Gasteiger partial charge on any atom is -0.356 e. The molecule has 0 spiro atoms. The minimum atomic E-state index is 0.00607. The molecule has 0 saturated carbocycles. The summed E-state index contributed by atoms with van der Waals surface area (Å²) < 4.78 is 0. The van der Waals surface area contributed by atoms with Crippen LogP contribution in [-0.2, 0) is 11.2 Å². The van der Waals surface area contributed by atoms with Gasteiger partial charge in [0.15, 0.2) is 0 Å². The zero-order valence-electron chi connectivity index (χ0n) is 7.12. The normalized spacial score (nSPS) is 9.92. The fraction of sp³-hybridized carbons (Fsp3) is 0.500. The first kappa shape index (κ1) is 10.5. The van der Waals surface area contributed by atoms with Crippen LogP contribution in [0.3, 0.4) is 0 Å². The van der Waals surface area contributed by atoms with Crippen molar-refractivity contribution in [2.45, 2.75) is 12.8 Å². The number of hydrogen-bond acceptors (Lipinski definition) is 3. The van der Waals surface area contributed by atoms with E-state index >= 15 is 0 Å². The van der Waals surface area contributed by atoms with Gasteiger partial charge in [0.05, 0.1) is 5.01 Å². The van der Waals surface area contributed by atoms with Crippen molar-refractivity contribution in [2.75, 3.05) is 12.4 Å². The smallest absolute Gasteiger partial charge is 0.221 e. The van der Waals surface area contributed by atoms with Crippen LogP contribution in [0, 0.1) is 0 Å². The van der Waals surface area contributed by atoms with Crippen LogP contribution in [-0.4, -0.2) is 23.3 Å². The molecule has 0 bridgehead atoms. The highest BCUT2D eigenvalue weighted by Gasteiger charge is 1.99. The summed E-state index contributed by atoms with van der Waals surface area (Å²) in [5.41, 5.74) is 0. The van der Waals surface area contributed by atoms with Crippen molar-refractivity contribution in [1.82, 2.24) is 10.3 Å². The Bertz CT molecular complexity index is 251. The lowest BCUT2D eigenvalue weighted by molar-refractivity contribution is -0.120. The Labute approximate surface area is 86.1 Å². The summed E-state index contributed by atoms with van der Waals surface area (Å²) in [6.45, 7) is 0.642. The molecule has 1 rings (SSSR count). The number of halogens is 1. The van der Waals surface area contributed by atoms with Crippen LogP contribution in [0.5, 0.6) is 0 Å². The number of carbonyl (C=O) groups is 1. The fourth-order valence-corrected chi connectivity index (χ4v) is 1.65. The summed E-state index contributed by atoms with van der Waals surface area (Å²) >= 11 is 7.00. The zero-order valence-corrected chi connectivity index (χ0v) is 8.70. The lowest BCUT2D eigenvalue weighted by atomic mass is 10.4. The van der Waals surface area contributed by atoms with E-state index in [9.17, 15) is 4.79 Å². The summed E-state index contributed by atoms with van der Waals surface area (Å²) in [4.78, 5) is 15.1. The van der Waals surface area contributed by atoms with Gasteiger partial charge in [-0.3, -0.25) is 4.79 Å². The first-order valence-corrected chi connectivity index (χ1v) is 5.45. The van der Waals surface area contributed by atoms with E-state index in [1.165, 1.54) is 0 Å². The Morgan fingerprint density at radius 2 is 2.54 bits per heavy atom. The van der Waals surface area contributed by atoms with Gasteiger partial charge in [0.2, 0.25) is 5.91 Å². The van der Waals surface area contributed by atoms with Gasteiger partial charge >= 0.3 is 0 Å². The average Bonchev–Trinajstić information content (AvgIpc) is 2.57. The third-order valence-corrected chi connectivity index (χ3v) is 2.49. The third kappa shape index (κ3) is 4.24. The van der Waals surface area contributed by atoms with E-state index in [1.54, 1.807) is 17.5 Å². The van der Waals surface area contributed by atoms with Gasteiger partial charge in [-0.15, -0.1) is 22.9 Å². The summed E-state index contributed by atoms with van der Waals surface area (Å²) in [5, 5.41) is 5.74. The van der Waals surface area contributed by atoms with Gasteiger partial charge in [-0.1, -0.05) is 0 Å². The third-order valence-electron chi connectivity index (χ3n) is 1.47. The predicted octanol–water partition coefficient (Wildman–Crippen LogP) is 1.43. The number of thiazole rings is 1. The molecule has 5 heteroatoms. The topological polar surface area (TPSA) is 42.0 Å². The van der Waals surface area contributed by atoms with Crippen molar-refractivity contribution in [3.8, 4) is 0 Å². The number of hydrogen-bond donors (Lipinski definition) is 1. The van der Waals surface area contributed by atoms with Crippen LogP contribution in [0.15, 0.2) is 11.6 Å². The molecule has 72 valence electrons. The van der Waals surface area contributed by atoms with Gasteiger partial charge < -0.3 is 5.32 Å². The fourth-order valence-electron chi connectivity index (χ4n) is 0.859. The molecule has 0 radical (unpaired) electrons. The summed E-state index contributed by atoms with van der Waals surface area (Å²) in [6, 6.07) is 0. The standard InChI is InChI=1S/C8H11ClN2OS/c9-3-1-7(12)10-4-2-8-11-5-6-13-8/h5-6H,1-4H2,(H,10,12). The number of amides is 1. The molecule has 1 aromatic heterocycles. The summed E-state index contributed by atoms with van der Waals surface area (Å²) in [6.07, 6.45) is 2.95. The van der Waals surface area contributed by atoms with Crippen molar-refractivity contribution >= 4 is 28.8 Å². The summed E-state index contributed by atoms with van der Waals surface area (Å²) in [7, 11) is 0. The predicted molar refractivity (Wildman–Crippen MR) is 54.2 cm³/mol. The highest BCUT2D eigenvalue weighted by molar-refractivity contribution is 7.09. The quantitative estimate of drug-likeness (QED) is 0.760. The maximum absolute atomic E-state index is 11.0. The molecule has 0 aliphatic rings. The molecule has 1 heterocycles. The second-order valence-electron chi connectivity index (χ2n) is 2.46. The molecule has 1 N–H and O–H groups in total. The average molecular weight is 219 g/mol. The molecule has 0 fully saturated rings. The number of alkyl halides is 1. The van der Waals surface area contributed by atoms with Gasteiger partial charge in [-0.25, -0.2) is 4.98 Å². The van der Waals surface area contributed by atoms with Gasteiger partial charge in [0, 0.05) is 36.8 Å². The Morgan fingerprint density at radius 3 is 3.15 bits per heavy atom. The Kier molecular flexibility index (Phi) is 4.78. The van der Waals surface area contributed by atoms with E-state index in [0.717, 1.165) is 11.4 Å². The van der Waals surface area contributed by atoms with Gasteiger partial charge in [0.1, 0.15) is 0 Å². The first-order chi connectivity index (χ1) is 6.33. The van der Waals surface area contributed by atoms with Crippen molar-refractivity contribution in [3.05, 3.63) is 16.6 Å². The molecule has 0 aliphatic carbocycles. The maximum Gasteiger partial charge on any atom is 0.221 e. The van der Waals surface area contributed by atoms with Crippen LogP contribution < -0.4 is 5.32 Å². The largest absolute Gasteiger partial charge is 0.356 e. The molecule has 0 atom stereocenters. The molecule has 0 aliphatic heterocycles. The van der Waals surface area contributed by atoms with Crippen LogP contribution in [0.4, 0.5) is 0 Å². The Morgan fingerprint density at radius 1 is 1.69 bits per heavy atom. The lowest BCUT2D eigenvalue weighted by Gasteiger charge is -2.00. The van der Waals surface area contributed by atoms with Crippen LogP contribution in [0.25, 0.3) is 0 Å². The lowest BCUT2D eigenvalue weighted by Crippen LogP contribution is -2.25. The molecule has 3 nitrogen and oxygen atoms in total. The van der Waals surface area contributed by atoms with E-state index in [1.807, 2.05) is 5.38 Å². The monoisotopic (exact) mass is 218 g/mol. The highest BCUT2D eigenvalue weighted by Crippen LogP contribution is 2.03. The van der Waals surface area contributed by atoms with Gasteiger partial charge in [-0.2, -0.15) is 0 Å². The zero-order chi connectivity index (χ0) is 9.52. The number of rotatable bonds is 5. The van der Waals surface area contributed by atoms with E-state index in [0.29, 0.717) is 18.8 Å². The molecule has 1 aromatic rings. The molecular formula is C8H11ClN2OS. The van der Waals surface area contributed by atoms with E-state index in [-0.39, 0.29) is 5.91 Å². The van der Waals surface area contributed by atoms with Crippen LogP contribution >= 0.6 is 22.9 Å². The molecule has 0 unspecified atom stereocenters. The number of nitrogens with zero attached hydrogens (tertiary/aromatic N) is 1. The second-order valence-corrected chi connectivity index (χ2v) is 3.82. The van der Waals surface area contributed by atoms with E-state index < -0.39 is 0 Å². The summed E-state index contributed by atoms with van der Waals surface area (Å²) in [5.74, 6) is 0.384. The Hall–Kier alpha value is -0.610. The molecule has 0 saturated heterocycles. The van der Waals surface area contributed by atoms with Crippen LogP contribution in [0.2, 0.25) is 0 Å². The first-order valence-electron chi connectivity index (χ1n) is 4.04. The number of aromatic nitrogens is 1. The van der Waals surface area contributed by atoms with E-state index in [4.69, 9.17) is 11.6 Å². The van der Waals surface area contributed by atoms with Crippen molar-refractivity contribution in [1.29, 1.82) is 0 Å². The van der Waals surface area contributed by atoms with Crippen molar-refractivity contribution < 1.29 is 4.79 Å². The molecular weight excluding hydrogens is 208 g/mol. The Balaban J connectivity index is 2.11. The molecule has 0 aromatic carbocycles. The van der Waals surface area contributed by atoms with Crippen molar-refractivity contribution in [3.63, 3.8) is 0 Å². The van der Waals surface area contributed by atoms with E-state index in [2.05, 4.69) is 10.3 Å². The maximum atomic E-state index is 11.0. The minimum absolute atomic E-state index is 0.00607. The van der Waals surface area contributed by atoms with Gasteiger partial charge in [-0.05, 0) is 0 Å². The second kappa shape index (κ2) is 5.94. The van der Waals surface area contributed by atoms with Crippen molar-refractivity contribution in [2.24, 2.45) is 0 Å². The number of carbonyl (C=O) groups excluding carboxylic acids is 1. The molecule has 13 heavy (non-hydrogen) atoms.